The van der Waals surface area contributed by atoms with Gasteiger partial charge in [0.1, 0.15) is 11.9 Å². The quantitative estimate of drug-likeness (QED) is 0.425. The summed E-state index contributed by atoms with van der Waals surface area (Å²) in [5.74, 6) is 1.36. The van der Waals surface area contributed by atoms with Gasteiger partial charge in [0, 0.05) is 12.4 Å². The molecule has 0 saturated carbocycles. The highest BCUT2D eigenvalue weighted by atomic mass is 16.5. The second kappa shape index (κ2) is 7.67. The predicted molar refractivity (Wildman–Crippen MR) is 110 cm³/mol. The lowest BCUT2D eigenvalue weighted by Crippen LogP contribution is -2.15. The van der Waals surface area contributed by atoms with Crippen LogP contribution in [0.1, 0.15) is 37.0 Å². The fourth-order valence-electron chi connectivity index (χ4n) is 3.42. The van der Waals surface area contributed by atoms with Gasteiger partial charge >= 0.3 is 0 Å². The van der Waals surface area contributed by atoms with Crippen LogP contribution in [0.15, 0.2) is 85.5 Å². The second-order valence-electron chi connectivity index (χ2n) is 7.17. The second-order valence-corrected chi connectivity index (χ2v) is 7.17. The van der Waals surface area contributed by atoms with Gasteiger partial charge in [0.2, 0.25) is 0 Å². The van der Waals surface area contributed by atoms with E-state index in [0.717, 1.165) is 5.75 Å². The Morgan fingerprint density at radius 3 is 2.48 bits per heavy atom. The number of nitrogens with zero attached hydrogens (tertiary/aromatic N) is 2. The molecule has 27 heavy (non-hydrogen) atoms. The fraction of sp³-hybridized carbons (Fsp3) is 0.208. The molecule has 1 unspecified atom stereocenters. The number of fused-ring (bicyclic) bond motifs is 1. The van der Waals surface area contributed by atoms with Crippen LogP contribution in [-0.4, -0.2) is 9.55 Å². The van der Waals surface area contributed by atoms with Crippen LogP contribution in [0.25, 0.3) is 10.8 Å². The largest absolute Gasteiger partial charge is 0.484 e. The molecule has 4 aromatic rings. The summed E-state index contributed by atoms with van der Waals surface area (Å²) in [5.41, 5.74) is 2.40. The van der Waals surface area contributed by atoms with Crippen molar-refractivity contribution in [3.63, 3.8) is 0 Å². The molecule has 1 atom stereocenters. The predicted octanol–water partition coefficient (Wildman–Crippen LogP) is 5.98. The average molecular weight is 356 g/mol. The Hall–Kier alpha value is -3.07. The molecule has 1 aromatic heterocycles. The first kappa shape index (κ1) is 17.3. The highest BCUT2D eigenvalue weighted by Crippen LogP contribution is 2.32. The summed E-state index contributed by atoms with van der Waals surface area (Å²) in [6.07, 6.45) is 5.53. The topological polar surface area (TPSA) is 27.1 Å². The van der Waals surface area contributed by atoms with Crippen molar-refractivity contribution in [2.24, 2.45) is 0 Å². The van der Waals surface area contributed by atoms with E-state index in [2.05, 4.69) is 84.1 Å². The molecule has 1 heterocycles. The van der Waals surface area contributed by atoms with Gasteiger partial charge in [-0.05, 0) is 39.9 Å². The van der Waals surface area contributed by atoms with Crippen molar-refractivity contribution in [1.29, 1.82) is 0 Å². The minimum Gasteiger partial charge on any atom is -0.484 e. The maximum absolute atomic E-state index is 6.57. The molecule has 136 valence electrons. The minimum atomic E-state index is -0.0938. The van der Waals surface area contributed by atoms with Crippen molar-refractivity contribution in [1.82, 2.24) is 9.55 Å². The number of hydrogen-bond acceptors (Lipinski definition) is 2. The first-order chi connectivity index (χ1) is 13.2. The Morgan fingerprint density at radius 2 is 1.70 bits per heavy atom. The number of benzene rings is 3. The highest BCUT2D eigenvalue weighted by molar-refractivity contribution is 5.83. The zero-order valence-corrected chi connectivity index (χ0v) is 15.7. The van der Waals surface area contributed by atoms with Crippen LogP contribution in [0.2, 0.25) is 0 Å². The van der Waals surface area contributed by atoms with Gasteiger partial charge < -0.3 is 9.30 Å². The third-order valence-electron chi connectivity index (χ3n) is 4.89. The maximum atomic E-state index is 6.57. The average Bonchev–Trinajstić information content (AvgIpc) is 3.20. The maximum Gasteiger partial charge on any atom is 0.142 e. The zero-order chi connectivity index (χ0) is 18.6. The number of hydrogen-bond donors (Lipinski definition) is 0. The lowest BCUT2D eigenvalue weighted by Gasteiger charge is -2.23. The Morgan fingerprint density at radius 1 is 0.926 bits per heavy atom. The van der Waals surface area contributed by atoms with Crippen LogP contribution in [0, 0.1) is 0 Å². The van der Waals surface area contributed by atoms with E-state index >= 15 is 0 Å². The molecular formula is C24H24N2O. The van der Waals surface area contributed by atoms with Crippen molar-refractivity contribution in [3.8, 4) is 5.75 Å². The van der Waals surface area contributed by atoms with Gasteiger partial charge in [-0.2, -0.15) is 0 Å². The zero-order valence-electron chi connectivity index (χ0n) is 15.7. The van der Waals surface area contributed by atoms with Crippen LogP contribution in [0.4, 0.5) is 0 Å². The summed E-state index contributed by atoms with van der Waals surface area (Å²) in [6, 6.07) is 23.3. The van der Waals surface area contributed by atoms with Gasteiger partial charge in [0.25, 0.3) is 0 Å². The van der Waals surface area contributed by atoms with E-state index in [0.29, 0.717) is 12.5 Å². The van der Waals surface area contributed by atoms with Gasteiger partial charge in [-0.15, -0.1) is 0 Å². The minimum absolute atomic E-state index is 0.0938. The number of imidazole rings is 1. The number of aromatic nitrogens is 2. The fourth-order valence-corrected chi connectivity index (χ4v) is 3.42. The van der Waals surface area contributed by atoms with E-state index in [-0.39, 0.29) is 6.10 Å². The van der Waals surface area contributed by atoms with Crippen molar-refractivity contribution in [2.45, 2.75) is 32.4 Å². The summed E-state index contributed by atoms with van der Waals surface area (Å²) >= 11 is 0. The van der Waals surface area contributed by atoms with Crippen molar-refractivity contribution in [3.05, 3.63) is 96.6 Å². The standard InChI is InChI=1S/C24H24N2O/c1-18(2)22-9-5-6-10-23(22)27-24(16-26-14-13-25-17-26)21-12-11-19-7-3-4-8-20(19)15-21/h3-15,17-18,24H,16H2,1-2H3. The molecule has 0 aliphatic carbocycles. The van der Waals surface area contributed by atoms with E-state index in [4.69, 9.17) is 4.74 Å². The molecule has 3 heteroatoms. The highest BCUT2D eigenvalue weighted by Gasteiger charge is 2.17. The molecule has 0 amide bonds. The van der Waals surface area contributed by atoms with Crippen LogP contribution in [-0.2, 0) is 6.54 Å². The summed E-state index contributed by atoms with van der Waals surface area (Å²) < 4.78 is 8.63. The van der Waals surface area contributed by atoms with Crippen LogP contribution >= 0.6 is 0 Å². The van der Waals surface area contributed by atoms with E-state index < -0.39 is 0 Å². The SMILES string of the molecule is CC(C)c1ccccc1OC(Cn1ccnc1)c1ccc2ccccc2c1. The van der Waals surface area contributed by atoms with Crippen molar-refractivity contribution >= 4 is 10.8 Å². The number of para-hydroxylation sites is 1. The molecule has 0 N–H and O–H groups in total. The smallest absolute Gasteiger partial charge is 0.142 e. The summed E-state index contributed by atoms with van der Waals surface area (Å²) in [4.78, 5) is 4.18. The molecule has 0 aliphatic heterocycles. The van der Waals surface area contributed by atoms with Crippen LogP contribution < -0.4 is 4.74 Å². The van der Waals surface area contributed by atoms with Crippen molar-refractivity contribution < 1.29 is 4.74 Å². The summed E-state index contributed by atoms with van der Waals surface area (Å²) in [5, 5.41) is 2.47. The lowest BCUT2D eigenvalue weighted by atomic mass is 10.0. The molecule has 4 rings (SSSR count). The van der Waals surface area contributed by atoms with Gasteiger partial charge in [-0.1, -0.05) is 68.4 Å². The molecule has 0 radical (unpaired) electrons. The Kier molecular flexibility index (Phi) is 4.93. The molecule has 0 saturated heterocycles. The first-order valence-corrected chi connectivity index (χ1v) is 9.41. The molecule has 3 aromatic carbocycles. The molecule has 0 spiro atoms. The van der Waals surface area contributed by atoms with Crippen LogP contribution in [0.5, 0.6) is 5.75 Å². The third-order valence-corrected chi connectivity index (χ3v) is 4.89. The van der Waals surface area contributed by atoms with Gasteiger partial charge in [0.15, 0.2) is 0 Å². The first-order valence-electron chi connectivity index (χ1n) is 9.41. The van der Waals surface area contributed by atoms with Gasteiger partial charge in [0.05, 0.1) is 12.9 Å². The van der Waals surface area contributed by atoms with Gasteiger partial charge in [-0.3, -0.25) is 0 Å². The summed E-state index contributed by atoms with van der Waals surface area (Å²) in [6.45, 7) is 5.11. The lowest BCUT2D eigenvalue weighted by molar-refractivity contribution is 0.181. The van der Waals surface area contributed by atoms with Crippen molar-refractivity contribution in [2.75, 3.05) is 0 Å². The third kappa shape index (κ3) is 3.87. The number of ether oxygens (including phenoxy) is 1. The normalized spacial score (nSPS) is 12.4. The molecular weight excluding hydrogens is 332 g/mol. The number of rotatable bonds is 6. The van der Waals surface area contributed by atoms with E-state index in [1.165, 1.54) is 21.9 Å². The Labute approximate surface area is 160 Å². The molecule has 0 aliphatic rings. The van der Waals surface area contributed by atoms with Gasteiger partial charge in [-0.25, -0.2) is 4.98 Å². The Balaban J connectivity index is 1.72. The molecule has 0 fully saturated rings. The Bertz CT molecular complexity index is 1020. The van der Waals surface area contributed by atoms with Crippen LogP contribution in [0.3, 0.4) is 0 Å². The molecule has 0 bridgehead atoms. The molecule has 3 nitrogen and oxygen atoms in total. The van der Waals surface area contributed by atoms with E-state index in [1.54, 1.807) is 6.20 Å². The van der Waals surface area contributed by atoms with E-state index in [1.807, 2.05) is 18.6 Å². The monoisotopic (exact) mass is 356 g/mol. The summed E-state index contributed by atoms with van der Waals surface area (Å²) in [7, 11) is 0. The van der Waals surface area contributed by atoms with E-state index in [9.17, 15) is 0 Å².